The van der Waals surface area contributed by atoms with Crippen LogP contribution >= 0.6 is 11.6 Å². The molecule has 0 unspecified atom stereocenters. The molecule has 1 heterocycles. The van der Waals surface area contributed by atoms with Gasteiger partial charge in [-0.2, -0.15) is 4.98 Å². The molecule has 7 nitrogen and oxygen atoms in total. The summed E-state index contributed by atoms with van der Waals surface area (Å²) in [6.45, 7) is 0. The second kappa shape index (κ2) is 7.93. The Hall–Kier alpha value is -2.38. The molecule has 1 aromatic heterocycles. The number of phenols is 1. The van der Waals surface area contributed by atoms with Gasteiger partial charge in [-0.1, -0.05) is 6.07 Å². The number of hydrogen-bond donors (Lipinski definition) is 3. The number of ether oxygens (including phenoxy) is 1. The van der Waals surface area contributed by atoms with Gasteiger partial charge in [-0.15, -0.1) is 0 Å². The molecule has 2 rings (SSSR count). The summed E-state index contributed by atoms with van der Waals surface area (Å²) in [5.41, 5.74) is 2.57. The van der Waals surface area contributed by atoms with E-state index in [-0.39, 0.29) is 16.6 Å². The number of hydrazine groups is 1. The molecule has 20 heavy (non-hydrogen) atoms. The lowest BCUT2D eigenvalue weighted by Crippen LogP contribution is -2.08. The molecule has 4 N–H and O–H groups in total. The third-order valence-electron chi connectivity index (χ3n) is 2.15. The van der Waals surface area contributed by atoms with Gasteiger partial charge < -0.3 is 15.3 Å². The minimum atomic E-state index is -0.106. The van der Waals surface area contributed by atoms with Crippen LogP contribution in [-0.2, 0) is 0 Å². The van der Waals surface area contributed by atoms with E-state index in [1.807, 2.05) is 0 Å². The van der Waals surface area contributed by atoms with Crippen LogP contribution in [0.15, 0.2) is 30.5 Å². The van der Waals surface area contributed by atoms with Crippen LogP contribution in [0, 0.1) is 0 Å². The zero-order valence-electron chi connectivity index (χ0n) is 10.6. The molecule has 0 fully saturated rings. The normalized spacial score (nSPS) is 9.15. The minimum absolute atomic E-state index is 0.106. The number of carbonyl (C=O) groups is 1. The lowest BCUT2D eigenvalue weighted by molar-refractivity contribution is 0.112. The molecule has 0 radical (unpaired) electrons. The van der Waals surface area contributed by atoms with Gasteiger partial charge in [0, 0.05) is 12.3 Å². The van der Waals surface area contributed by atoms with Crippen molar-refractivity contribution in [3.05, 3.63) is 41.3 Å². The fourth-order valence-corrected chi connectivity index (χ4v) is 1.36. The molecular weight excluding hydrogens is 284 g/mol. The number of nitrogen functional groups attached to an aromatic ring is 1. The minimum Gasteiger partial charge on any atom is -0.504 e. The second-order valence-corrected chi connectivity index (χ2v) is 3.71. The van der Waals surface area contributed by atoms with Crippen LogP contribution in [-0.4, -0.2) is 28.5 Å². The molecule has 0 amide bonds. The summed E-state index contributed by atoms with van der Waals surface area (Å²) in [5.74, 6) is 5.74. The number of phenolic OH excluding ortho intramolecular Hbond substituents is 1. The number of anilines is 1. The number of nitrogens with two attached hydrogens (primary N) is 1. The quantitative estimate of drug-likeness (QED) is 0.342. The van der Waals surface area contributed by atoms with Gasteiger partial charge >= 0.3 is 0 Å². The Morgan fingerprint density at radius 3 is 2.70 bits per heavy atom. The maximum Gasteiger partial charge on any atom is 0.224 e. The van der Waals surface area contributed by atoms with E-state index in [4.69, 9.17) is 22.2 Å². The largest absolute Gasteiger partial charge is 0.504 e. The summed E-state index contributed by atoms with van der Waals surface area (Å²) in [5, 5.41) is 9.42. The van der Waals surface area contributed by atoms with Crippen molar-refractivity contribution >= 4 is 23.7 Å². The van der Waals surface area contributed by atoms with Crippen molar-refractivity contribution < 1.29 is 14.6 Å². The number of rotatable bonds is 3. The van der Waals surface area contributed by atoms with Crippen LogP contribution in [0.4, 0.5) is 5.82 Å². The zero-order chi connectivity index (χ0) is 15.0. The predicted molar refractivity (Wildman–Crippen MR) is 74.9 cm³/mol. The fourth-order valence-electron chi connectivity index (χ4n) is 1.21. The van der Waals surface area contributed by atoms with E-state index in [2.05, 4.69) is 15.4 Å². The average Bonchev–Trinajstić information content (AvgIpc) is 2.48. The molecule has 0 atom stereocenters. The first-order valence-electron chi connectivity index (χ1n) is 5.38. The smallest absolute Gasteiger partial charge is 0.224 e. The van der Waals surface area contributed by atoms with Crippen molar-refractivity contribution in [1.82, 2.24) is 9.97 Å². The third kappa shape index (κ3) is 4.38. The van der Waals surface area contributed by atoms with E-state index in [9.17, 15) is 9.90 Å². The SMILES string of the molecule is COc1cccc(C=O)c1O.NNc1ccnc(Cl)n1. The van der Waals surface area contributed by atoms with Crippen LogP contribution in [0.25, 0.3) is 0 Å². The van der Waals surface area contributed by atoms with Gasteiger partial charge in [0.1, 0.15) is 5.82 Å². The Balaban J connectivity index is 0.000000204. The van der Waals surface area contributed by atoms with E-state index in [1.165, 1.54) is 19.4 Å². The van der Waals surface area contributed by atoms with E-state index in [0.717, 1.165) is 0 Å². The first kappa shape index (κ1) is 15.7. The van der Waals surface area contributed by atoms with Gasteiger partial charge in [0.15, 0.2) is 17.8 Å². The molecule has 106 valence electrons. The van der Waals surface area contributed by atoms with E-state index >= 15 is 0 Å². The van der Waals surface area contributed by atoms with Gasteiger partial charge in [0.25, 0.3) is 0 Å². The molecule has 0 aliphatic heterocycles. The molecule has 0 saturated heterocycles. The summed E-state index contributed by atoms with van der Waals surface area (Å²) in [4.78, 5) is 17.6. The van der Waals surface area contributed by atoms with Crippen molar-refractivity contribution in [2.75, 3.05) is 12.5 Å². The van der Waals surface area contributed by atoms with Gasteiger partial charge in [0.05, 0.1) is 12.7 Å². The number of nitrogens with one attached hydrogen (secondary N) is 1. The zero-order valence-corrected chi connectivity index (χ0v) is 11.3. The summed E-state index contributed by atoms with van der Waals surface area (Å²) >= 11 is 5.41. The first-order chi connectivity index (χ1) is 9.62. The molecule has 1 aromatic carbocycles. The van der Waals surface area contributed by atoms with Crippen molar-refractivity contribution in [1.29, 1.82) is 0 Å². The third-order valence-corrected chi connectivity index (χ3v) is 2.33. The molecule has 2 aromatic rings. The van der Waals surface area contributed by atoms with Crippen molar-refractivity contribution in [3.63, 3.8) is 0 Å². The second-order valence-electron chi connectivity index (χ2n) is 3.37. The van der Waals surface area contributed by atoms with Crippen LogP contribution < -0.4 is 16.0 Å². The standard InChI is InChI=1S/C8H8O3.C4H5ClN4/c1-11-7-4-2-3-6(5-9)8(7)10;5-4-7-2-1-3(8-4)9-6/h2-5,10H,1H3;1-2H,6H2,(H,7,8,9). The molecule has 8 heteroatoms. The highest BCUT2D eigenvalue weighted by atomic mass is 35.5. The van der Waals surface area contributed by atoms with Crippen LogP contribution in [0.1, 0.15) is 10.4 Å². The molecular formula is C12H13ClN4O3. The predicted octanol–water partition coefficient (Wildman–Crippen LogP) is 1.63. The summed E-state index contributed by atoms with van der Waals surface area (Å²) in [6.07, 6.45) is 2.10. The van der Waals surface area contributed by atoms with Crippen LogP contribution in [0.3, 0.4) is 0 Å². The lowest BCUT2D eigenvalue weighted by Gasteiger charge is -2.02. The fraction of sp³-hybridized carbons (Fsp3) is 0.0833. The summed E-state index contributed by atoms with van der Waals surface area (Å²) in [7, 11) is 1.43. The number of aromatic hydroxyl groups is 1. The van der Waals surface area contributed by atoms with Gasteiger partial charge in [0.2, 0.25) is 5.28 Å². The Kier molecular flexibility index (Phi) is 6.21. The maximum absolute atomic E-state index is 10.3. The number of aldehydes is 1. The number of carbonyl (C=O) groups excluding carboxylic acids is 1. The number of methoxy groups -OCH3 is 1. The van der Waals surface area contributed by atoms with Gasteiger partial charge in [-0.25, -0.2) is 10.8 Å². The lowest BCUT2D eigenvalue weighted by atomic mass is 10.2. The maximum atomic E-state index is 10.3. The van der Waals surface area contributed by atoms with Crippen molar-refractivity contribution in [2.45, 2.75) is 0 Å². The molecule has 0 saturated carbocycles. The van der Waals surface area contributed by atoms with E-state index in [0.29, 0.717) is 17.9 Å². The number of hydrogen-bond acceptors (Lipinski definition) is 7. The van der Waals surface area contributed by atoms with E-state index < -0.39 is 0 Å². The summed E-state index contributed by atoms with van der Waals surface area (Å²) in [6, 6.07) is 6.36. The highest BCUT2D eigenvalue weighted by Gasteiger charge is 2.04. The first-order valence-corrected chi connectivity index (χ1v) is 5.76. The number of benzene rings is 1. The number of nitrogens with zero attached hydrogens (tertiary/aromatic N) is 2. The Bertz CT molecular complexity index is 580. The summed E-state index contributed by atoms with van der Waals surface area (Å²) < 4.78 is 4.78. The van der Waals surface area contributed by atoms with Crippen molar-refractivity contribution in [3.8, 4) is 11.5 Å². The molecule has 0 bridgehead atoms. The van der Waals surface area contributed by atoms with Crippen LogP contribution in [0.2, 0.25) is 5.28 Å². The van der Waals surface area contributed by atoms with E-state index in [1.54, 1.807) is 18.2 Å². The van der Waals surface area contributed by atoms with Gasteiger partial charge in [-0.3, -0.25) is 4.79 Å². The Labute approximate surface area is 120 Å². The average molecular weight is 297 g/mol. The van der Waals surface area contributed by atoms with Crippen LogP contribution in [0.5, 0.6) is 11.5 Å². The highest BCUT2D eigenvalue weighted by Crippen LogP contribution is 2.27. The highest BCUT2D eigenvalue weighted by molar-refractivity contribution is 6.28. The number of aromatic nitrogens is 2. The Morgan fingerprint density at radius 2 is 2.20 bits per heavy atom. The molecule has 0 aliphatic rings. The number of para-hydroxylation sites is 1. The number of halogens is 1. The van der Waals surface area contributed by atoms with Crippen molar-refractivity contribution in [2.24, 2.45) is 5.84 Å². The topological polar surface area (TPSA) is 110 Å². The molecule has 0 spiro atoms. The van der Waals surface area contributed by atoms with Gasteiger partial charge in [-0.05, 0) is 23.7 Å². The monoisotopic (exact) mass is 296 g/mol. The Morgan fingerprint density at radius 1 is 1.45 bits per heavy atom. The molecule has 0 aliphatic carbocycles.